The van der Waals surface area contributed by atoms with Crippen LogP contribution < -0.4 is 5.32 Å². The van der Waals surface area contributed by atoms with Crippen molar-refractivity contribution in [3.8, 4) is 0 Å². The minimum atomic E-state index is -0.181. The fourth-order valence-corrected chi connectivity index (χ4v) is 5.09. The van der Waals surface area contributed by atoms with Crippen LogP contribution in [0.1, 0.15) is 70.8 Å². The van der Waals surface area contributed by atoms with Gasteiger partial charge in [0.15, 0.2) is 5.65 Å². The Labute approximate surface area is 171 Å². The van der Waals surface area contributed by atoms with Crippen LogP contribution in [0.3, 0.4) is 0 Å². The number of nitrogens with one attached hydrogen (secondary N) is 1. The summed E-state index contributed by atoms with van der Waals surface area (Å²) in [6.45, 7) is 5.71. The van der Waals surface area contributed by atoms with Crippen LogP contribution in [0.25, 0.3) is 11.0 Å². The van der Waals surface area contributed by atoms with Gasteiger partial charge in [-0.1, -0.05) is 24.4 Å². The van der Waals surface area contributed by atoms with Crippen molar-refractivity contribution in [2.24, 2.45) is 5.16 Å². The molecule has 1 aliphatic heterocycles. The van der Waals surface area contributed by atoms with Crippen LogP contribution >= 0.6 is 0 Å². The van der Waals surface area contributed by atoms with Crippen LogP contribution in [0.4, 0.5) is 5.69 Å². The van der Waals surface area contributed by atoms with Crippen LogP contribution in [-0.2, 0) is 16.1 Å². The first-order valence-electron chi connectivity index (χ1n) is 11.2. The van der Waals surface area contributed by atoms with Crippen molar-refractivity contribution < 1.29 is 9.57 Å². The Morgan fingerprint density at radius 1 is 1.21 bits per heavy atom. The number of anilines is 1. The number of oxime groups is 1. The van der Waals surface area contributed by atoms with E-state index in [4.69, 9.17) is 14.6 Å². The van der Waals surface area contributed by atoms with Gasteiger partial charge in [-0.2, -0.15) is 5.10 Å². The molecule has 5 rings (SSSR count). The Morgan fingerprint density at radius 3 is 2.79 bits per heavy atom. The largest absolute Gasteiger partial charge is 0.388 e. The molecule has 2 fully saturated rings. The van der Waals surface area contributed by atoms with E-state index in [-0.39, 0.29) is 5.60 Å². The molecule has 0 aromatic carbocycles. The highest BCUT2D eigenvalue weighted by Crippen LogP contribution is 2.46. The number of ether oxygens (including phenoxy) is 1. The Bertz CT molecular complexity index is 909. The maximum atomic E-state index is 5.94. The minimum Gasteiger partial charge on any atom is -0.388 e. The molecule has 2 aliphatic carbocycles. The summed E-state index contributed by atoms with van der Waals surface area (Å²) < 4.78 is 7.69. The number of aromatic nitrogens is 3. The van der Waals surface area contributed by atoms with Gasteiger partial charge in [0.2, 0.25) is 0 Å². The quantitative estimate of drug-likeness (QED) is 0.788. The van der Waals surface area contributed by atoms with Gasteiger partial charge < -0.3 is 14.9 Å². The lowest BCUT2D eigenvalue weighted by Crippen LogP contribution is -2.48. The van der Waals surface area contributed by atoms with E-state index in [0.29, 0.717) is 12.1 Å². The van der Waals surface area contributed by atoms with Gasteiger partial charge in [0.25, 0.3) is 0 Å². The second kappa shape index (κ2) is 7.59. The van der Waals surface area contributed by atoms with E-state index >= 15 is 0 Å². The molecule has 2 saturated carbocycles. The van der Waals surface area contributed by atoms with Gasteiger partial charge in [-0.3, -0.25) is 0 Å². The van der Waals surface area contributed by atoms with Crippen molar-refractivity contribution in [1.29, 1.82) is 0 Å². The predicted molar refractivity (Wildman–Crippen MR) is 113 cm³/mol. The normalized spacial score (nSPS) is 27.1. The molecular weight excluding hydrogens is 366 g/mol. The molecule has 0 atom stereocenters. The molecule has 1 spiro atoms. The summed E-state index contributed by atoms with van der Waals surface area (Å²) in [7, 11) is 0. The van der Waals surface area contributed by atoms with Crippen molar-refractivity contribution in [2.45, 2.75) is 89.5 Å². The maximum absolute atomic E-state index is 5.94. The number of rotatable bonds is 6. The van der Waals surface area contributed by atoms with Crippen LogP contribution in [0, 0.1) is 0 Å². The highest BCUT2D eigenvalue weighted by atomic mass is 16.7. The number of nitrogens with zero attached hydrogens (tertiary/aromatic N) is 4. The van der Waals surface area contributed by atoms with Crippen LogP contribution in [0.15, 0.2) is 17.5 Å². The van der Waals surface area contributed by atoms with Crippen LogP contribution in [0.5, 0.6) is 0 Å². The fraction of sp³-hybridized carbons (Fsp3) is 0.682. The van der Waals surface area contributed by atoms with Crippen molar-refractivity contribution in [3.63, 3.8) is 0 Å². The summed E-state index contributed by atoms with van der Waals surface area (Å²) in [6, 6.07) is 0.501. The van der Waals surface area contributed by atoms with E-state index in [1.54, 1.807) is 0 Å². The topological polar surface area (TPSA) is 73.6 Å². The lowest BCUT2D eigenvalue weighted by Gasteiger charge is -2.41. The molecule has 2 aromatic rings. The zero-order valence-electron chi connectivity index (χ0n) is 17.5. The van der Waals surface area contributed by atoms with Gasteiger partial charge >= 0.3 is 0 Å². The Morgan fingerprint density at radius 2 is 2.03 bits per heavy atom. The average molecular weight is 398 g/mol. The third-order valence-electron chi connectivity index (χ3n) is 6.67. The summed E-state index contributed by atoms with van der Waals surface area (Å²) in [5, 5.41) is 14.0. The number of fused-ring (bicyclic) bond motifs is 1. The molecule has 0 bridgehead atoms. The van der Waals surface area contributed by atoms with Gasteiger partial charge in [-0.15, -0.1) is 0 Å². The van der Waals surface area contributed by atoms with Gasteiger partial charge in [-0.05, 0) is 26.7 Å². The fourth-order valence-electron chi connectivity index (χ4n) is 5.09. The SMILES string of the molecule is CCOC1CC2(CC(c3cnc4c(cnn4CC)c3NC3CCCCC3)=NO2)C1. The Hall–Kier alpha value is -2.15. The molecule has 0 amide bonds. The third-order valence-corrected chi connectivity index (χ3v) is 6.67. The average Bonchev–Trinajstić information content (AvgIpc) is 3.34. The molecular formula is C22H31N5O2. The maximum Gasteiger partial charge on any atom is 0.159 e. The van der Waals surface area contributed by atoms with Crippen molar-refractivity contribution in [2.75, 3.05) is 11.9 Å². The highest BCUT2D eigenvalue weighted by molar-refractivity contribution is 6.10. The molecule has 29 heavy (non-hydrogen) atoms. The zero-order valence-corrected chi connectivity index (χ0v) is 17.5. The van der Waals surface area contributed by atoms with E-state index < -0.39 is 0 Å². The van der Waals surface area contributed by atoms with Gasteiger partial charge in [0.1, 0.15) is 5.60 Å². The monoisotopic (exact) mass is 397 g/mol. The van der Waals surface area contributed by atoms with Crippen LogP contribution in [0.2, 0.25) is 0 Å². The molecule has 156 valence electrons. The van der Waals surface area contributed by atoms with E-state index in [9.17, 15) is 0 Å². The number of hydrogen-bond acceptors (Lipinski definition) is 6. The zero-order chi connectivity index (χ0) is 19.8. The molecule has 2 aromatic heterocycles. The highest BCUT2D eigenvalue weighted by Gasteiger charge is 2.51. The first kappa shape index (κ1) is 18.9. The molecule has 0 unspecified atom stereocenters. The molecule has 3 aliphatic rings. The lowest BCUT2D eigenvalue weighted by molar-refractivity contribution is -0.156. The van der Waals surface area contributed by atoms with E-state index in [1.807, 2.05) is 24.0 Å². The smallest absolute Gasteiger partial charge is 0.159 e. The van der Waals surface area contributed by atoms with Crippen molar-refractivity contribution >= 4 is 22.4 Å². The van der Waals surface area contributed by atoms with Crippen molar-refractivity contribution in [1.82, 2.24) is 14.8 Å². The first-order chi connectivity index (χ1) is 14.2. The summed E-state index contributed by atoms with van der Waals surface area (Å²) in [6.07, 6.45) is 13.2. The van der Waals surface area contributed by atoms with Gasteiger partial charge in [0.05, 0.1) is 29.1 Å². The third kappa shape index (κ3) is 3.39. The Kier molecular flexibility index (Phi) is 4.94. The predicted octanol–water partition coefficient (Wildman–Crippen LogP) is 4.26. The number of pyridine rings is 1. The second-order valence-electron chi connectivity index (χ2n) is 8.70. The summed E-state index contributed by atoms with van der Waals surface area (Å²) in [4.78, 5) is 10.7. The van der Waals surface area contributed by atoms with E-state index in [0.717, 1.165) is 60.4 Å². The first-order valence-corrected chi connectivity index (χ1v) is 11.2. The molecule has 3 heterocycles. The summed E-state index contributed by atoms with van der Waals surface area (Å²) in [5.41, 5.74) is 3.94. The molecule has 1 N–H and O–H groups in total. The second-order valence-corrected chi connectivity index (χ2v) is 8.70. The van der Waals surface area contributed by atoms with E-state index in [2.05, 4.69) is 22.5 Å². The molecule has 7 heteroatoms. The number of aryl methyl sites for hydroxylation is 1. The lowest BCUT2D eigenvalue weighted by atomic mass is 9.74. The van der Waals surface area contributed by atoms with Gasteiger partial charge in [0, 0.05) is 50.2 Å². The summed E-state index contributed by atoms with van der Waals surface area (Å²) in [5.74, 6) is 0. The number of hydrogen-bond donors (Lipinski definition) is 1. The molecule has 0 saturated heterocycles. The van der Waals surface area contributed by atoms with E-state index in [1.165, 1.54) is 32.1 Å². The summed E-state index contributed by atoms with van der Waals surface area (Å²) >= 11 is 0. The Balaban J connectivity index is 1.44. The van der Waals surface area contributed by atoms with Gasteiger partial charge in [-0.25, -0.2) is 9.67 Å². The van der Waals surface area contributed by atoms with Crippen molar-refractivity contribution in [3.05, 3.63) is 18.0 Å². The minimum absolute atomic E-state index is 0.181. The molecule has 7 nitrogen and oxygen atoms in total. The molecule has 0 radical (unpaired) electrons. The van der Waals surface area contributed by atoms with Crippen LogP contribution in [-0.4, -0.2) is 44.8 Å². The standard InChI is InChI=1S/C22H31N5O2/c1-3-27-21-18(14-24-27)20(25-15-8-6-5-7-9-15)17(13-23-21)19-12-22(29-26-19)10-16(11-22)28-4-2/h13-16H,3-12H2,1-2H3,(H,23,25).